The van der Waals surface area contributed by atoms with E-state index in [2.05, 4.69) is 0 Å². The monoisotopic (exact) mass is 222 g/mol. The van der Waals surface area contributed by atoms with Crippen LogP contribution in [0.25, 0.3) is 0 Å². The van der Waals surface area contributed by atoms with E-state index in [1.165, 1.54) is 12.2 Å². The molecule has 0 saturated carbocycles. The van der Waals surface area contributed by atoms with E-state index in [4.69, 9.17) is 11.6 Å². The number of hydrogen-bond acceptors (Lipinski definition) is 0. The highest BCUT2D eigenvalue weighted by molar-refractivity contribution is 6.32. The summed E-state index contributed by atoms with van der Waals surface area (Å²) in [5.41, 5.74) is -0.776. The Labute approximate surface area is 85.7 Å². The van der Waals surface area contributed by atoms with Crippen molar-refractivity contribution in [2.45, 2.75) is 19.5 Å². The quantitative estimate of drug-likeness (QED) is 0.576. The second kappa shape index (κ2) is 4.22. The topological polar surface area (TPSA) is 0 Å². The van der Waals surface area contributed by atoms with Crippen LogP contribution in [0.1, 0.15) is 13.3 Å². The maximum atomic E-state index is 12.4. The first-order valence-corrected chi connectivity index (χ1v) is 4.61. The van der Waals surface area contributed by atoms with Gasteiger partial charge in [0.1, 0.15) is 0 Å². The molecule has 0 bridgehead atoms. The summed E-state index contributed by atoms with van der Waals surface area (Å²) in [5.74, 6) is 0.217. The van der Waals surface area contributed by atoms with Crippen molar-refractivity contribution in [1.29, 1.82) is 0 Å². The molecule has 0 amide bonds. The van der Waals surface area contributed by atoms with E-state index in [9.17, 15) is 13.2 Å². The number of allylic oxidation sites excluding steroid dienone is 6. The van der Waals surface area contributed by atoms with E-state index in [-0.39, 0.29) is 11.0 Å². The van der Waals surface area contributed by atoms with Crippen molar-refractivity contribution in [1.82, 2.24) is 0 Å². The molecule has 1 aliphatic carbocycles. The van der Waals surface area contributed by atoms with Gasteiger partial charge in [-0.2, -0.15) is 13.2 Å². The van der Waals surface area contributed by atoms with Crippen molar-refractivity contribution in [3.05, 3.63) is 34.9 Å². The summed E-state index contributed by atoms with van der Waals surface area (Å²) in [4.78, 5) is 0. The van der Waals surface area contributed by atoms with Gasteiger partial charge in [-0.3, -0.25) is 0 Å². The summed E-state index contributed by atoms with van der Waals surface area (Å²) in [7, 11) is 0. The van der Waals surface area contributed by atoms with Gasteiger partial charge in [0, 0.05) is 5.03 Å². The molecule has 4 heteroatoms. The highest BCUT2D eigenvalue weighted by atomic mass is 35.5. The Kier molecular flexibility index (Phi) is 3.43. The first kappa shape index (κ1) is 11.4. The maximum Gasteiger partial charge on any atom is 0.417 e. The Bertz CT molecular complexity index is 297. The summed E-state index contributed by atoms with van der Waals surface area (Å²) in [5, 5.41) is -0.214. The van der Waals surface area contributed by atoms with Gasteiger partial charge in [0.25, 0.3) is 0 Å². The zero-order valence-electron chi connectivity index (χ0n) is 7.61. The lowest BCUT2D eigenvalue weighted by atomic mass is 10.0. The second-order valence-electron chi connectivity index (χ2n) is 3.23. The zero-order chi connectivity index (χ0) is 10.8. The van der Waals surface area contributed by atoms with E-state index >= 15 is 0 Å². The van der Waals surface area contributed by atoms with Crippen molar-refractivity contribution in [3.63, 3.8) is 0 Å². The number of halogens is 4. The lowest BCUT2D eigenvalue weighted by Gasteiger charge is -2.12. The number of alkyl halides is 3. The first-order valence-electron chi connectivity index (χ1n) is 4.23. The molecule has 0 saturated heterocycles. The van der Waals surface area contributed by atoms with Crippen molar-refractivity contribution >= 4 is 11.6 Å². The van der Waals surface area contributed by atoms with E-state index in [1.807, 2.05) is 6.92 Å². The molecular formula is C10H10ClF3. The van der Waals surface area contributed by atoms with Crippen molar-refractivity contribution < 1.29 is 13.2 Å². The summed E-state index contributed by atoms with van der Waals surface area (Å²) < 4.78 is 37.1. The van der Waals surface area contributed by atoms with Crippen molar-refractivity contribution in [3.8, 4) is 0 Å². The molecule has 1 atom stereocenters. The van der Waals surface area contributed by atoms with Gasteiger partial charge < -0.3 is 0 Å². The molecule has 14 heavy (non-hydrogen) atoms. The third-order valence-corrected chi connectivity index (χ3v) is 2.29. The minimum atomic E-state index is -4.38. The Morgan fingerprint density at radius 2 is 2.07 bits per heavy atom. The average Bonchev–Trinajstić information content (AvgIpc) is 2.03. The summed E-state index contributed by atoms with van der Waals surface area (Å²) >= 11 is 5.55. The molecule has 78 valence electrons. The number of rotatable bonds is 0. The van der Waals surface area contributed by atoms with Crippen molar-refractivity contribution in [2.24, 2.45) is 5.92 Å². The molecule has 0 aromatic carbocycles. The summed E-state index contributed by atoms with van der Waals surface area (Å²) in [6.45, 7) is 1.92. The first-order chi connectivity index (χ1) is 6.41. The Balaban J connectivity index is 3.03. The minimum absolute atomic E-state index is 0.214. The minimum Gasteiger partial charge on any atom is -0.166 e. The molecule has 1 unspecified atom stereocenters. The standard InChI is InChI=1S/C10H10ClF3/c1-7-3-2-4-8(10(12,13)14)9(11)6-5-7/h2-4,6-7H,5H2,1H3. The second-order valence-corrected chi connectivity index (χ2v) is 3.64. The van der Waals surface area contributed by atoms with Crippen LogP contribution in [-0.4, -0.2) is 6.18 Å². The molecule has 0 aromatic rings. The van der Waals surface area contributed by atoms with Crippen LogP contribution in [0, 0.1) is 5.92 Å². The normalized spacial score (nSPS) is 23.6. The van der Waals surface area contributed by atoms with Crippen LogP contribution in [0.15, 0.2) is 34.9 Å². The maximum absolute atomic E-state index is 12.4. The van der Waals surface area contributed by atoms with Gasteiger partial charge in [-0.05, 0) is 18.4 Å². The van der Waals surface area contributed by atoms with Crippen LogP contribution in [-0.2, 0) is 0 Å². The Hall–Kier alpha value is -0.700. The Morgan fingerprint density at radius 1 is 1.43 bits per heavy atom. The summed E-state index contributed by atoms with van der Waals surface area (Å²) in [6, 6.07) is 0. The fraction of sp³-hybridized carbons (Fsp3) is 0.400. The van der Waals surface area contributed by atoms with Gasteiger partial charge in [0.15, 0.2) is 0 Å². The molecular weight excluding hydrogens is 213 g/mol. The molecule has 1 rings (SSSR count). The van der Waals surface area contributed by atoms with Gasteiger partial charge >= 0.3 is 6.18 Å². The molecule has 0 nitrogen and oxygen atoms in total. The van der Waals surface area contributed by atoms with Crippen LogP contribution in [0.3, 0.4) is 0 Å². The van der Waals surface area contributed by atoms with Gasteiger partial charge in [-0.25, -0.2) is 0 Å². The molecule has 0 heterocycles. The molecule has 0 aliphatic heterocycles. The molecule has 0 fully saturated rings. The molecule has 0 N–H and O–H groups in total. The van der Waals surface area contributed by atoms with Gasteiger partial charge in [-0.15, -0.1) is 0 Å². The molecule has 0 spiro atoms. The van der Waals surface area contributed by atoms with E-state index in [0.717, 1.165) is 6.08 Å². The SMILES string of the molecule is CC1C=CC=C(C(F)(F)F)C(Cl)=CC1. The fourth-order valence-corrected chi connectivity index (χ4v) is 1.39. The third kappa shape index (κ3) is 2.91. The summed E-state index contributed by atoms with van der Waals surface area (Å²) in [6.07, 6.45) is 1.71. The van der Waals surface area contributed by atoms with Crippen LogP contribution in [0.2, 0.25) is 0 Å². The Morgan fingerprint density at radius 3 is 2.64 bits per heavy atom. The smallest absolute Gasteiger partial charge is 0.166 e. The molecule has 0 aromatic heterocycles. The predicted octanol–water partition coefficient (Wildman–Crippen LogP) is 4.19. The van der Waals surface area contributed by atoms with Gasteiger partial charge in [-0.1, -0.05) is 36.8 Å². The largest absolute Gasteiger partial charge is 0.417 e. The van der Waals surface area contributed by atoms with Crippen LogP contribution >= 0.6 is 11.6 Å². The predicted molar refractivity (Wildman–Crippen MR) is 51.0 cm³/mol. The third-order valence-electron chi connectivity index (χ3n) is 1.93. The molecule has 0 radical (unpaired) electrons. The molecule has 1 aliphatic rings. The van der Waals surface area contributed by atoms with E-state index in [0.29, 0.717) is 6.42 Å². The van der Waals surface area contributed by atoms with E-state index < -0.39 is 11.7 Å². The fourth-order valence-electron chi connectivity index (χ4n) is 1.13. The van der Waals surface area contributed by atoms with Crippen LogP contribution in [0.4, 0.5) is 13.2 Å². The average molecular weight is 223 g/mol. The zero-order valence-corrected chi connectivity index (χ0v) is 8.36. The highest BCUT2D eigenvalue weighted by Gasteiger charge is 2.35. The highest BCUT2D eigenvalue weighted by Crippen LogP contribution is 2.34. The van der Waals surface area contributed by atoms with Crippen LogP contribution in [0.5, 0.6) is 0 Å². The van der Waals surface area contributed by atoms with Crippen LogP contribution < -0.4 is 0 Å². The number of hydrogen-bond donors (Lipinski definition) is 0. The van der Waals surface area contributed by atoms with Gasteiger partial charge in [0.05, 0.1) is 5.57 Å². The van der Waals surface area contributed by atoms with E-state index in [1.54, 1.807) is 6.08 Å². The van der Waals surface area contributed by atoms with Gasteiger partial charge in [0.2, 0.25) is 0 Å². The van der Waals surface area contributed by atoms with Crippen molar-refractivity contribution in [2.75, 3.05) is 0 Å². The lowest BCUT2D eigenvalue weighted by Crippen LogP contribution is -2.12. The lowest BCUT2D eigenvalue weighted by molar-refractivity contribution is -0.0886.